The zero-order valence-corrected chi connectivity index (χ0v) is 13.3. The smallest absolute Gasteiger partial charge is 0.0566 e. The SMILES string of the molecule is CCCNCc1ccn(Cc2cc(Br)cs2)c1C. The molecule has 4 heteroatoms. The molecular formula is C14H19BrN2S. The number of halogens is 1. The summed E-state index contributed by atoms with van der Waals surface area (Å²) in [6.45, 7) is 7.42. The third-order valence-corrected chi connectivity index (χ3v) is 4.72. The summed E-state index contributed by atoms with van der Waals surface area (Å²) in [7, 11) is 0. The fourth-order valence-corrected chi connectivity index (χ4v) is 3.41. The van der Waals surface area contributed by atoms with Gasteiger partial charge in [-0.2, -0.15) is 0 Å². The zero-order chi connectivity index (χ0) is 13.0. The van der Waals surface area contributed by atoms with Crippen LogP contribution in [0.4, 0.5) is 0 Å². The van der Waals surface area contributed by atoms with E-state index >= 15 is 0 Å². The van der Waals surface area contributed by atoms with Crippen molar-refractivity contribution in [3.8, 4) is 0 Å². The molecule has 0 aliphatic rings. The molecule has 0 aliphatic heterocycles. The van der Waals surface area contributed by atoms with Crippen LogP contribution in [-0.2, 0) is 13.1 Å². The molecule has 1 N–H and O–H groups in total. The van der Waals surface area contributed by atoms with Crippen molar-refractivity contribution < 1.29 is 0 Å². The van der Waals surface area contributed by atoms with E-state index in [4.69, 9.17) is 0 Å². The van der Waals surface area contributed by atoms with E-state index in [1.54, 1.807) is 11.3 Å². The lowest BCUT2D eigenvalue weighted by Gasteiger charge is -2.07. The van der Waals surface area contributed by atoms with Crippen molar-refractivity contribution >= 4 is 27.3 Å². The topological polar surface area (TPSA) is 17.0 Å². The molecule has 0 saturated carbocycles. The molecule has 2 heterocycles. The van der Waals surface area contributed by atoms with E-state index < -0.39 is 0 Å². The van der Waals surface area contributed by atoms with Crippen LogP contribution in [0.15, 0.2) is 28.2 Å². The maximum absolute atomic E-state index is 3.50. The number of hydrogen-bond acceptors (Lipinski definition) is 2. The van der Waals surface area contributed by atoms with Gasteiger partial charge in [-0.25, -0.2) is 0 Å². The maximum Gasteiger partial charge on any atom is 0.0566 e. The maximum atomic E-state index is 3.50. The summed E-state index contributed by atoms with van der Waals surface area (Å²) < 4.78 is 3.50. The highest BCUT2D eigenvalue weighted by molar-refractivity contribution is 9.10. The van der Waals surface area contributed by atoms with Gasteiger partial charge in [-0.05, 0) is 53.5 Å². The summed E-state index contributed by atoms with van der Waals surface area (Å²) in [5.74, 6) is 0. The monoisotopic (exact) mass is 326 g/mol. The van der Waals surface area contributed by atoms with Gasteiger partial charge in [-0.1, -0.05) is 6.92 Å². The Labute approximate surface area is 121 Å². The van der Waals surface area contributed by atoms with Crippen molar-refractivity contribution in [1.29, 1.82) is 0 Å². The van der Waals surface area contributed by atoms with Crippen LogP contribution in [-0.4, -0.2) is 11.1 Å². The lowest BCUT2D eigenvalue weighted by atomic mass is 10.2. The Bertz CT molecular complexity index is 502. The second-order valence-electron chi connectivity index (χ2n) is 4.46. The van der Waals surface area contributed by atoms with Gasteiger partial charge in [0.05, 0.1) is 6.54 Å². The van der Waals surface area contributed by atoms with E-state index in [1.807, 2.05) is 0 Å². The largest absolute Gasteiger partial charge is 0.346 e. The van der Waals surface area contributed by atoms with Crippen molar-refractivity contribution in [1.82, 2.24) is 9.88 Å². The van der Waals surface area contributed by atoms with Crippen LogP contribution < -0.4 is 5.32 Å². The van der Waals surface area contributed by atoms with Crippen LogP contribution in [0.1, 0.15) is 29.5 Å². The van der Waals surface area contributed by atoms with Crippen molar-refractivity contribution in [2.45, 2.75) is 33.4 Å². The third-order valence-electron chi connectivity index (χ3n) is 3.04. The summed E-state index contributed by atoms with van der Waals surface area (Å²) in [6, 6.07) is 4.42. The van der Waals surface area contributed by atoms with Crippen LogP contribution in [0, 0.1) is 6.92 Å². The van der Waals surface area contributed by atoms with Gasteiger partial charge in [0.2, 0.25) is 0 Å². The highest BCUT2D eigenvalue weighted by Crippen LogP contribution is 2.22. The molecule has 0 aromatic carbocycles. The molecular weight excluding hydrogens is 308 g/mol. The quantitative estimate of drug-likeness (QED) is 0.788. The molecule has 2 aromatic rings. The van der Waals surface area contributed by atoms with Crippen molar-refractivity contribution in [2.75, 3.05) is 6.54 Å². The Balaban J connectivity index is 2.01. The summed E-state index contributed by atoms with van der Waals surface area (Å²) in [5, 5.41) is 5.59. The van der Waals surface area contributed by atoms with Crippen molar-refractivity contribution in [3.05, 3.63) is 44.3 Å². The van der Waals surface area contributed by atoms with Gasteiger partial charge in [0.15, 0.2) is 0 Å². The Morgan fingerprint density at radius 1 is 1.44 bits per heavy atom. The standard InChI is InChI=1S/C14H19BrN2S/c1-3-5-16-8-12-4-6-17(11(12)2)9-14-7-13(15)10-18-14/h4,6-7,10,16H,3,5,8-9H2,1-2H3. The van der Waals surface area contributed by atoms with Gasteiger partial charge in [0.25, 0.3) is 0 Å². The van der Waals surface area contributed by atoms with E-state index in [9.17, 15) is 0 Å². The normalized spacial score (nSPS) is 11.1. The third kappa shape index (κ3) is 3.46. The first-order valence-electron chi connectivity index (χ1n) is 6.29. The predicted octanol–water partition coefficient (Wildman–Crippen LogP) is 4.17. The predicted molar refractivity (Wildman–Crippen MR) is 82.3 cm³/mol. The molecule has 18 heavy (non-hydrogen) atoms. The van der Waals surface area contributed by atoms with E-state index in [0.29, 0.717) is 0 Å². The van der Waals surface area contributed by atoms with Crippen LogP contribution in [0.5, 0.6) is 0 Å². The number of thiophene rings is 1. The lowest BCUT2D eigenvalue weighted by Crippen LogP contribution is -2.14. The Kier molecular flexibility index (Phi) is 5.03. The Hall–Kier alpha value is -0.580. The number of aromatic nitrogens is 1. The summed E-state index contributed by atoms with van der Waals surface area (Å²) in [6.07, 6.45) is 3.37. The summed E-state index contributed by atoms with van der Waals surface area (Å²) >= 11 is 5.30. The summed E-state index contributed by atoms with van der Waals surface area (Å²) in [4.78, 5) is 1.38. The van der Waals surface area contributed by atoms with E-state index in [0.717, 1.165) is 19.6 Å². The van der Waals surface area contributed by atoms with Gasteiger partial charge in [0, 0.05) is 33.2 Å². The lowest BCUT2D eigenvalue weighted by molar-refractivity contribution is 0.668. The van der Waals surface area contributed by atoms with Gasteiger partial charge in [-0.3, -0.25) is 0 Å². The molecule has 0 atom stereocenters. The second-order valence-corrected chi connectivity index (χ2v) is 6.37. The first kappa shape index (κ1) is 13.8. The molecule has 2 aromatic heterocycles. The minimum atomic E-state index is 0.968. The average molecular weight is 327 g/mol. The number of nitrogens with one attached hydrogen (secondary N) is 1. The van der Waals surface area contributed by atoms with Crippen LogP contribution in [0.2, 0.25) is 0 Å². The molecule has 2 nitrogen and oxygen atoms in total. The molecule has 0 bridgehead atoms. The molecule has 0 radical (unpaired) electrons. The number of hydrogen-bond donors (Lipinski definition) is 1. The fraction of sp³-hybridized carbons (Fsp3) is 0.429. The first-order chi connectivity index (χ1) is 8.70. The van der Waals surface area contributed by atoms with Crippen molar-refractivity contribution in [3.63, 3.8) is 0 Å². The Morgan fingerprint density at radius 2 is 2.28 bits per heavy atom. The molecule has 0 fully saturated rings. The first-order valence-corrected chi connectivity index (χ1v) is 7.96. The summed E-state index contributed by atoms with van der Waals surface area (Å²) in [5.41, 5.74) is 2.77. The van der Waals surface area contributed by atoms with Gasteiger partial charge in [-0.15, -0.1) is 11.3 Å². The second kappa shape index (κ2) is 6.55. The van der Waals surface area contributed by atoms with Crippen molar-refractivity contribution in [2.24, 2.45) is 0 Å². The number of nitrogens with zero attached hydrogens (tertiary/aromatic N) is 1. The average Bonchev–Trinajstić information content (AvgIpc) is 2.90. The molecule has 0 aliphatic carbocycles. The van der Waals surface area contributed by atoms with E-state index in [-0.39, 0.29) is 0 Å². The Morgan fingerprint density at radius 3 is 2.94 bits per heavy atom. The van der Waals surface area contributed by atoms with Gasteiger partial charge in [0.1, 0.15) is 0 Å². The number of rotatable bonds is 6. The van der Waals surface area contributed by atoms with Crippen LogP contribution in [0.25, 0.3) is 0 Å². The minimum absolute atomic E-state index is 0.968. The molecule has 0 unspecified atom stereocenters. The highest BCUT2D eigenvalue weighted by atomic mass is 79.9. The highest BCUT2D eigenvalue weighted by Gasteiger charge is 2.06. The zero-order valence-electron chi connectivity index (χ0n) is 10.9. The molecule has 2 rings (SSSR count). The van der Waals surface area contributed by atoms with E-state index in [1.165, 1.54) is 27.0 Å². The molecule has 0 spiro atoms. The van der Waals surface area contributed by atoms with Crippen LogP contribution in [0.3, 0.4) is 0 Å². The molecule has 0 amide bonds. The molecule has 98 valence electrons. The minimum Gasteiger partial charge on any atom is -0.346 e. The van der Waals surface area contributed by atoms with Crippen LogP contribution >= 0.6 is 27.3 Å². The van der Waals surface area contributed by atoms with Gasteiger partial charge >= 0.3 is 0 Å². The van der Waals surface area contributed by atoms with E-state index in [2.05, 4.69) is 63.4 Å². The molecule has 0 saturated heterocycles. The fourth-order valence-electron chi connectivity index (χ4n) is 1.96. The van der Waals surface area contributed by atoms with Gasteiger partial charge < -0.3 is 9.88 Å².